The summed E-state index contributed by atoms with van der Waals surface area (Å²) in [5.41, 5.74) is 0. The van der Waals surface area contributed by atoms with E-state index in [0.29, 0.717) is 6.61 Å². The van der Waals surface area contributed by atoms with Gasteiger partial charge in [0.05, 0.1) is 0 Å². The van der Waals surface area contributed by atoms with Crippen molar-refractivity contribution in [2.24, 2.45) is 0 Å². The zero-order valence-electron chi connectivity index (χ0n) is 26.9. The molecule has 0 spiro atoms. The first kappa shape index (κ1) is 48.6. The molecule has 0 aromatic heterocycles. The van der Waals surface area contributed by atoms with Crippen LogP contribution < -0.4 is 0 Å². The Kier molecular flexibility index (Phi) is 50.3. The number of hydrogen-bond donors (Lipinski definition) is 0. The molecule has 0 aromatic carbocycles. The van der Waals surface area contributed by atoms with E-state index in [1.54, 1.807) is 13.7 Å². The molecule has 0 bridgehead atoms. The molecule has 44 heteroatoms. The van der Waals surface area contributed by atoms with E-state index in [4.69, 9.17) is 12.4 Å². The zero-order chi connectivity index (χ0) is 33.1. The first-order chi connectivity index (χ1) is 22.9. The molecule has 0 saturated heterocycles. The summed E-state index contributed by atoms with van der Waals surface area (Å²) in [5.74, 6) is 0. The monoisotopic (exact) mass is 518 g/mol. The van der Waals surface area contributed by atoms with Gasteiger partial charge >= 0.3 is 307 Å². The summed E-state index contributed by atoms with van der Waals surface area (Å²) in [6.07, 6.45) is 0. The second-order valence-corrected chi connectivity index (χ2v) is 8.48. The van der Waals surface area contributed by atoms with Gasteiger partial charge in [0, 0.05) is 0 Å². The van der Waals surface area contributed by atoms with Crippen molar-refractivity contribution in [3.05, 3.63) is 0 Å². The van der Waals surface area contributed by atoms with Gasteiger partial charge in [-0.1, -0.05) is 0 Å². The molecule has 0 unspecified atom stereocenters. The first-order valence-electron chi connectivity index (χ1n) is 15.2. The number of rotatable bonds is 22. The van der Waals surface area contributed by atoms with Crippen LogP contribution in [0.1, 0.15) is 6.92 Å². The zero-order valence-corrected chi connectivity index (χ0v) is 26.9. The van der Waals surface area contributed by atoms with E-state index in [2.05, 4.69) is 0 Å². The Bertz CT molecular complexity index is 1380. The third kappa shape index (κ3) is 46.6. The minimum atomic E-state index is 0.688. The van der Waals surface area contributed by atoms with E-state index >= 15 is 0 Å². The van der Waals surface area contributed by atoms with Crippen molar-refractivity contribution < 1.29 is 4.65 Å². The van der Waals surface area contributed by atoms with Gasteiger partial charge < -0.3 is 0 Å². The molecule has 2 radical (unpaired) electrons. The van der Waals surface area contributed by atoms with E-state index in [0.717, 1.165) is 0 Å². The molecule has 0 saturated carbocycles. The molecule has 0 amide bonds. The van der Waals surface area contributed by atoms with Crippen LogP contribution in [0.15, 0.2) is 0 Å². The molecular formula is C2H5B43O. The third-order valence-electron chi connectivity index (χ3n) is 4.79. The Balaban J connectivity index is 4.03. The van der Waals surface area contributed by atoms with Gasteiger partial charge in [-0.2, -0.15) is 0 Å². The van der Waals surface area contributed by atoms with Gasteiger partial charge in [-0.15, -0.1) is 0 Å². The third-order valence-corrected chi connectivity index (χ3v) is 4.79. The number of hydrogen-bond acceptors (Lipinski definition) is 1. The summed E-state index contributed by atoms with van der Waals surface area (Å²) in [4.78, 5) is 0. The van der Waals surface area contributed by atoms with Crippen LogP contribution in [-0.2, 0) is 4.65 Å². The topological polar surface area (TPSA) is 9.23 Å². The van der Waals surface area contributed by atoms with Crippen molar-refractivity contribution in [3.8, 4) is 0 Å². The molecular weight excluding hydrogens is 505 g/mol. The minimum absolute atomic E-state index is 0.688. The second-order valence-electron chi connectivity index (χ2n) is 8.48. The van der Waals surface area contributed by atoms with Crippen LogP contribution in [0.5, 0.6) is 0 Å². The molecule has 0 atom stereocenters. The molecule has 0 aliphatic carbocycles. The van der Waals surface area contributed by atoms with Crippen molar-refractivity contribution in [3.63, 3.8) is 0 Å². The Hall–Kier alpha value is 2.59. The molecule has 1 nitrogen and oxygen atoms in total. The fourth-order valence-electron chi connectivity index (χ4n) is 2.70. The molecule has 0 aromatic rings. The summed E-state index contributed by atoms with van der Waals surface area (Å²) in [7, 11) is 6.93. The van der Waals surface area contributed by atoms with Crippen LogP contribution in [0.4, 0.5) is 0 Å². The van der Waals surface area contributed by atoms with Gasteiger partial charge in [-0.3, -0.25) is 0 Å². The van der Waals surface area contributed by atoms with E-state index in [1.165, 1.54) is 6.69 Å². The Morgan fingerprint density at radius 2 is 0.413 bits per heavy atom. The molecule has 0 rings (SSSR count). The van der Waals surface area contributed by atoms with Crippen LogP contribution in [0.25, 0.3) is 0 Å². The van der Waals surface area contributed by atoms with Crippen molar-refractivity contribution in [1.82, 2.24) is 0 Å². The first-order valence-corrected chi connectivity index (χ1v) is 15.2. The molecule has 46 heavy (non-hydrogen) atoms. The van der Waals surface area contributed by atoms with E-state index in [1.807, 2.05) is 268 Å². The summed E-state index contributed by atoms with van der Waals surface area (Å²) in [6.45, 7) is 83.0. The summed E-state index contributed by atoms with van der Waals surface area (Å²) in [6, 6.07) is 0. The van der Waals surface area contributed by atoms with Crippen molar-refractivity contribution in [1.29, 1.82) is 0 Å². The predicted molar refractivity (Wildman–Crippen MR) is 259 cm³/mol. The van der Waals surface area contributed by atoms with Crippen molar-refractivity contribution in [2.75, 3.05) is 6.61 Å². The van der Waals surface area contributed by atoms with E-state index in [9.17, 15) is 0 Å². The summed E-state index contributed by atoms with van der Waals surface area (Å²) >= 11 is 0. The molecule has 0 fully saturated rings. The van der Waals surface area contributed by atoms with Crippen LogP contribution in [0.3, 0.4) is 0 Å². The molecule has 148 valence electrons. The quantitative estimate of drug-likeness (QED) is 0.132. The normalized spacial score (nSPS) is 7.85. The van der Waals surface area contributed by atoms with Gasteiger partial charge in [0.2, 0.25) is 0 Å². The van der Waals surface area contributed by atoms with E-state index in [-0.39, 0.29) is 0 Å². The Morgan fingerprint density at radius 3 is 0.565 bits per heavy atom. The van der Waals surface area contributed by atoms with Crippen LogP contribution >= 0.6 is 0 Å². The average Bonchev–Trinajstić information content (AvgIpc) is 3.07. The predicted octanol–water partition coefficient (Wildman–Crippen LogP) is -15.9. The van der Waals surface area contributed by atoms with E-state index < -0.39 is 0 Å². The van der Waals surface area contributed by atoms with Gasteiger partial charge in [-0.25, -0.2) is 0 Å². The van der Waals surface area contributed by atoms with Gasteiger partial charge in [0.1, 0.15) is 0 Å². The average molecular weight is 510 g/mol. The SMILES string of the molecule is [B]B=BB=BB=BB=BB=BB=BB=BB=BB=BB=BB=BB=BB=BB=BB=BB=BB=BB=BB=BB=BB=BOCC. The fraction of sp³-hybridized carbons (Fsp3) is 1.00. The van der Waals surface area contributed by atoms with Gasteiger partial charge in [0.15, 0.2) is 0 Å². The maximum absolute atomic E-state index is 5.25. The van der Waals surface area contributed by atoms with Crippen LogP contribution in [0.2, 0.25) is 0 Å². The second kappa shape index (κ2) is 47.6. The maximum atomic E-state index is 5.25. The molecule has 0 N–H and O–H groups in total. The molecule has 0 heterocycles. The van der Waals surface area contributed by atoms with Crippen LogP contribution in [-0.4, -0.2) is 296 Å². The van der Waals surface area contributed by atoms with Crippen LogP contribution in [0, 0.1) is 0 Å². The summed E-state index contributed by atoms with van der Waals surface area (Å²) in [5, 5.41) is 0. The Labute approximate surface area is 305 Å². The van der Waals surface area contributed by atoms with Gasteiger partial charge in [-0.05, 0) is 0 Å². The van der Waals surface area contributed by atoms with Crippen molar-refractivity contribution in [2.45, 2.75) is 6.92 Å². The molecule has 0 aliphatic heterocycles. The fourth-order valence-corrected chi connectivity index (χ4v) is 2.70. The standard InChI is InChI=1S/C2H5B43O/c1-2-46-45-44-43-42-41-40-39-38-37-36-35-34-33-32-31-30-29-28-27-26-25-24-23-22-21-20-19-18-17-16-15-14-13-12-11-10-9-8-7-6-5-4-3/h2H2,1H3. The van der Waals surface area contributed by atoms with Crippen molar-refractivity contribution >= 4 is 289 Å². The molecule has 0 aliphatic rings. The summed E-state index contributed by atoms with van der Waals surface area (Å²) < 4.78 is 5.10. The Morgan fingerprint density at radius 1 is 0.261 bits per heavy atom. The van der Waals surface area contributed by atoms with Gasteiger partial charge in [0.25, 0.3) is 0 Å².